The lowest BCUT2D eigenvalue weighted by Gasteiger charge is -2.05. The van der Waals surface area contributed by atoms with Crippen LogP contribution in [0.1, 0.15) is 10.5 Å². The van der Waals surface area contributed by atoms with Gasteiger partial charge < -0.3 is 11.1 Å². The lowest BCUT2D eigenvalue weighted by Crippen LogP contribution is -2.14. The summed E-state index contributed by atoms with van der Waals surface area (Å²) >= 11 is 9.20. The molecule has 0 unspecified atom stereocenters. The van der Waals surface area contributed by atoms with Gasteiger partial charge in [-0.2, -0.15) is 0 Å². The zero-order chi connectivity index (χ0) is 12.4. The minimum absolute atomic E-state index is 0.0734. The van der Waals surface area contributed by atoms with Crippen molar-refractivity contribution in [1.82, 2.24) is 10.3 Å². The first-order valence-corrected chi connectivity index (χ1v) is 5.59. The van der Waals surface area contributed by atoms with Crippen LogP contribution in [0.4, 0.5) is 11.5 Å². The van der Waals surface area contributed by atoms with Crippen molar-refractivity contribution in [3.8, 4) is 0 Å². The first-order chi connectivity index (χ1) is 8.08. The second-order valence-corrected chi connectivity index (χ2v) is 4.40. The third kappa shape index (κ3) is 2.56. The molecule has 2 aromatic rings. The van der Waals surface area contributed by atoms with E-state index in [-0.39, 0.29) is 11.5 Å². The molecule has 0 radical (unpaired) electrons. The van der Waals surface area contributed by atoms with Gasteiger partial charge in [-0.15, -0.1) is 0 Å². The topological polar surface area (TPSA) is 94.0 Å². The van der Waals surface area contributed by atoms with E-state index in [2.05, 4.69) is 36.2 Å². The molecule has 0 spiro atoms. The molecule has 0 aliphatic heterocycles. The quantitative estimate of drug-likeness (QED) is 0.886. The molecule has 1 aromatic heterocycles. The minimum atomic E-state index is -0.534. The van der Waals surface area contributed by atoms with Crippen molar-refractivity contribution in [3.63, 3.8) is 0 Å². The van der Waals surface area contributed by atoms with Crippen molar-refractivity contribution in [1.29, 1.82) is 0 Å². The van der Waals surface area contributed by atoms with E-state index in [1.165, 1.54) is 0 Å². The van der Waals surface area contributed by atoms with E-state index in [0.717, 1.165) is 4.47 Å². The molecule has 6 nitrogen and oxygen atoms in total. The monoisotopic (exact) mass is 316 g/mol. The summed E-state index contributed by atoms with van der Waals surface area (Å²) in [6, 6.07) is 5.04. The van der Waals surface area contributed by atoms with Gasteiger partial charge in [-0.1, -0.05) is 27.5 Å². The van der Waals surface area contributed by atoms with E-state index in [9.17, 15) is 4.79 Å². The van der Waals surface area contributed by atoms with Crippen LogP contribution in [0.15, 0.2) is 27.3 Å². The number of carbonyl (C=O) groups excluding carboxylic acids is 1. The van der Waals surface area contributed by atoms with Gasteiger partial charge in [0, 0.05) is 4.47 Å². The highest BCUT2D eigenvalue weighted by atomic mass is 79.9. The largest absolute Gasteiger partial charge is 0.379 e. The highest BCUT2D eigenvalue weighted by molar-refractivity contribution is 9.10. The second kappa shape index (κ2) is 4.72. The molecule has 0 saturated carbocycles. The van der Waals surface area contributed by atoms with Crippen molar-refractivity contribution < 1.29 is 9.42 Å². The Morgan fingerprint density at radius 2 is 2.24 bits per heavy atom. The van der Waals surface area contributed by atoms with Gasteiger partial charge in [0.1, 0.15) is 0 Å². The Kier molecular flexibility index (Phi) is 3.30. The van der Waals surface area contributed by atoms with Crippen molar-refractivity contribution >= 4 is 44.9 Å². The third-order valence-corrected chi connectivity index (χ3v) is 2.71. The van der Waals surface area contributed by atoms with Crippen LogP contribution >= 0.6 is 27.5 Å². The number of amides is 1. The zero-order valence-electron chi connectivity index (χ0n) is 8.28. The molecule has 17 heavy (non-hydrogen) atoms. The van der Waals surface area contributed by atoms with Crippen molar-refractivity contribution in [2.45, 2.75) is 0 Å². The Bertz CT molecular complexity index is 572. The molecule has 0 saturated heterocycles. The van der Waals surface area contributed by atoms with Gasteiger partial charge in [-0.3, -0.25) is 4.79 Å². The lowest BCUT2D eigenvalue weighted by atomic mass is 10.3. The maximum absolute atomic E-state index is 11.7. The first-order valence-electron chi connectivity index (χ1n) is 4.42. The van der Waals surface area contributed by atoms with Gasteiger partial charge in [0.2, 0.25) is 11.5 Å². The Labute approximate surface area is 109 Å². The van der Waals surface area contributed by atoms with E-state index in [4.69, 9.17) is 17.3 Å². The number of nitrogens with two attached hydrogens (primary N) is 1. The number of nitrogen functional groups attached to an aromatic ring is 1. The minimum Gasteiger partial charge on any atom is -0.379 e. The molecule has 0 fully saturated rings. The van der Waals surface area contributed by atoms with Gasteiger partial charge in [0.25, 0.3) is 5.91 Å². The summed E-state index contributed by atoms with van der Waals surface area (Å²) in [5.41, 5.74) is 5.76. The molecule has 0 atom stereocenters. The SMILES string of the molecule is Nc1nonc1C(=O)Nc1ccc(Br)cc1Cl. The van der Waals surface area contributed by atoms with Crippen LogP contribution in [0, 0.1) is 0 Å². The van der Waals surface area contributed by atoms with Crippen molar-refractivity contribution in [2.75, 3.05) is 11.1 Å². The molecule has 88 valence electrons. The molecule has 0 bridgehead atoms. The predicted molar refractivity (Wildman–Crippen MR) is 65.8 cm³/mol. The Morgan fingerprint density at radius 1 is 1.47 bits per heavy atom. The number of benzene rings is 1. The Morgan fingerprint density at radius 3 is 2.82 bits per heavy atom. The lowest BCUT2D eigenvalue weighted by molar-refractivity contribution is 0.101. The van der Waals surface area contributed by atoms with Gasteiger partial charge in [0.05, 0.1) is 10.7 Å². The van der Waals surface area contributed by atoms with Crippen LogP contribution in [-0.4, -0.2) is 16.2 Å². The smallest absolute Gasteiger partial charge is 0.281 e. The maximum atomic E-state index is 11.7. The molecular formula is C9H6BrClN4O2. The van der Waals surface area contributed by atoms with Crippen LogP contribution in [0.2, 0.25) is 5.02 Å². The summed E-state index contributed by atoms with van der Waals surface area (Å²) in [5.74, 6) is -0.608. The van der Waals surface area contributed by atoms with Gasteiger partial charge in [-0.05, 0) is 28.5 Å². The fraction of sp³-hybridized carbons (Fsp3) is 0. The summed E-state index contributed by atoms with van der Waals surface area (Å²) < 4.78 is 5.14. The fourth-order valence-electron chi connectivity index (χ4n) is 1.13. The number of nitrogens with one attached hydrogen (secondary N) is 1. The van der Waals surface area contributed by atoms with Crippen molar-refractivity contribution in [2.24, 2.45) is 0 Å². The van der Waals surface area contributed by atoms with Crippen LogP contribution in [0.5, 0.6) is 0 Å². The van der Waals surface area contributed by atoms with Crippen molar-refractivity contribution in [3.05, 3.63) is 33.4 Å². The molecule has 0 aliphatic rings. The number of halogens is 2. The number of carbonyl (C=O) groups is 1. The molecule has 3 N–H and O–H groups in total. The maximum Gasteiger partial charge on any atom is 0.281 e. The molecule has 1 aromatic carbocycles. The molecule has 1 heterocycles. The number of nitrogens with zero attached hydrogens (tertiary/aromatic N) is 2. The average molecular weight is 318 g/mol. The summed E-state index contributed by atoms with van der Waals surface area (Å²) in [5, 5.41) is 9.63. The third-order valence-electron chi connectivity index (χ3n) is 1.91. The second-order valence-electron chi connectivity index (χ2n) is 3.08. The average Bonchev–Trinajstić information content (AvgIpc) is 2.68. The van der Waals surface area contributed by atoms with E-state index in [1.807, 2.05) is 0 Å². The van der Waals surface area contributed by atoms with Crippen LogP contribution in [0.25, 0.3) is 0 Å². The number of rotatable bonds is 2. The van der Waals surface area contributed by atoms with E-state index in [0.29, 0.717) is 10.7 Å². The zero-order valence-corrected chi connectivity index (χ0v) is 10.6. The van der Waals surface area contributed by atoms with E-state index >= 15 is 0 Å². The normalized spacial score (nSPS) is 10.2. The van der Waals surface area contributed by atoms with Crippen LogP contribution in [-0.2, 0) is 0 Å². The van der Waals surface area contributed by atoms with Gasteiger partial charge in [-0.25, -0.2) is 4.63 Å². The number of anilines is 2. The molecule has 2 rings (SSSR count). The Hall–Kier alpha value is -1.60. The Balaban J connectivity index is 2.22. The highest BCUT2D eigenvalue weighted by Gasteiger charge is 2.16. The molecular weight excluding hydrogens is 311 g/mol. The van der Waals surface area contributed by atoms with Gasteiger partial charge >= 0.3 is 0 Å². The summed E-state index contributed by atoms with van der Waals surface area (Å²) in [4.78, 5) is 11.7. The number of aromatic nitrogens is 2. The van der Waals surface area contributed by atoms with E-state index in [1.54, 1.807) is 18.2 Å². The van der Waals surface area contributed by atoms with Crippen LogP contribution < -0.4 is 11.1 Å². The van der Waals surface area contributed by atoms with Gasteiger partial charge in [0.15, 0.2) is 0 Å². The molecule has 1 amide bonds. The molecule has 8 heteroatoms. The number of hydrogen-bond donors (Lipinski definition) is 2. The van der Waals surface area contributed by atoms with Crippen LogP contribution in [0.3, 0.4) is 0 Å². The molecule has 0 aliphatic carbocycles. The number of hydrogen-bond acceptors (Lipinski definition) is 5. The van der Waals surface area contributed by atoms with E-state index < -0.39 is 5.91 Å². The highest BCUT2D eigenvalue weighted by Crippen LogP contribution is 2.26. The summed E-state index contributed by atoms with van der Waals surface area (Å²) in [6.07, 6.45) is 0. The first kappa shape index (κ1) is 11.9. The predicted octanol–water partition coefficient (Wildman–Crippen LogP) is 2.32. The standard InChI is InChI=1S/C9H6BrClN4O2/c10-4-1-2-6(5(11)3-4)13-9(16)7-8(12)15-17-14-7/h1-3H,(H2,12,15)(H,13,16). The summed E-state index contributed by atoms with van der Waals surface area (Å²) in [7, 11) is 0. The fourth-order valence-corrected chi connectivity index (χ4v) is 1.85. The summed E-state index contributed by atoms with van der Waals surface area (Å²) in [6.45, 7) is 0.